The summed E-state index contributed by atoms with van der Waals surface area (Å²) in [6, 6.07) is 12.4. The molecule has 1 heterocycles. The number of rotatable bonds is 1. The Labute approximate surface area is 113 Å². The second kappa shape index (κ2) is 4.59. The first-order valence-electron chi connectivity index (χ1n) is 6.03. The van der Waals surface area contributed by atoms with Gasteiger partial charge in [-0.2, -0.15) is 5.26 Å². The molecule has 0 aliphatic carbocycles. The van der Waals surface area contributed by atoms with Crippen molar-refractivity contribution in [3.05, 3.63) is 46.3 Å². The molecule has 0 amide bonds. The molecule has 0 saturated heterocycles. The smallest absolute Gasteiger partial charge is 0.0991 e. The number of hydrogen-bond acceptors (Lipinski definition) is 2. The van der Waals surface area contributed by atoms with Crippen LogP contribution in [0.5, 0.6) is 0 Å². The van der Waals surface area contributed by atoms with Gasteiger partial charge in [0.2, 0.25) is 0 Å². The highest BCUT2D eigenvalue weighted by molar-refractivity contribution is 7.15. The molecule has 0 aliphatic rings. The fourth-order valence-electron chi connectivity index (χ4n) is 1.84. The Morgan fingerprint density at radius 3 is 2.39 bits per heavy atom. The van der Waals surface area contributed by atoms with Gasteiger partial charge in [-0.25, -0.2) is 0 Å². The van der Waals surface area contributed by atoms with Gasteiger partial charge in [0, 0.05) is 9.75 Å². The summed E-state index contributed by atoms with van der Waals surface area (Å²) >= 11 is 1.82. The van der Waals surface area contributed by atoms with E-state index < -0.39 is 0 Å². The van der Waals surface area contributed by atoms with E-state index in [1.54, 1.807) is 0 Å². The minimum absolute atomic E-state index is 0.184. The first-order chi connectivity index (χ1) is 8.41. The molecule has 2 heteroatoms. The van der Waals surface area contributed by atoms with Crippen molar-refractivity contribution in [3.8, 4) is 16.5 Å². The Hall–Kier alpha value is -1.59. The summed E-state index contributed by atoms with van der Waals surface area (Å²) in [5, 5.41) is 8.99. The molecular formula is C16H17NS. The summed E-state index contributed by atoms with van der Waals surface area (Å²) in [6.45, 7) is 8.76. The van der Waals surface area contributed by atoms with E-state index in [2.05, 4.69) is 45.9 Å². The molecule has 0 fully saturated rings. The van der Waals surface area contributed by atoms with E-state index in [9.17, 15) is 0 Å². The maximum atomic E-state index is 8.99. The average molecular weight is 255 g/mol. The second-order valence-electron chi connectivity index (χ2n) is 5.56. The summed E-state index contributed by atoms with van der Waals surface area (Å²) in [5.74, 6) is 0. The van der Waals surface area contributed by atoms with Gasteiger partial charge in [0.1, 0.15) is 0 Å². The van der Waals surface area contributed by atoms with Crippen LogP contribution in [0.25, 0.3) is 10.4 Å². The van der Waals surface area contributed by atoms with Crippen LogP contribution >= 0.6 is 11.3 Å². The minimum Gasteiger partial charge on any atom is -0.192 e. The van der Waals surface area contributed by atoms with Gasteiger partial charge in [-0.1, -0.05) is 26.8 Å². The number of nitrogens with zero attached hydrogens (tertiary/aromatic N) is 1. The van der Waals surface area contributed by atoms with Crippen LogP contribution in [0.2, 0.25) is 0 Å². The lowest BCUT2D eigenvalue weighted by atomic mass is 9.95. The van der Waals surface area contributed by atoms with Gasteiger partial charge in [-0.05, 0) is 47.7 Å². The number of benzene rings is 1. The Morgan fingerprint density at radius 1 is 1.11 bits per heavy atom. The fraction of sp³-hybridized carbons (Fsp3) is 0.312. The van der Waals surface area contributed by atoms with E-state index in [-0.39, 0.29) is 5.41 Å². The fourth-order valence-corrected chi connectivity index (χ4v) is 2.99. The van der Waals surface area contributed by atoms with Gasteiger partial charge >= 0.3 is 0 Å². The SMILES string of the molecule is Cc1ccc(C#N)cc1-c1ccc(C(C)(C)C)s1. The zero-order chi connectivity index (χ0) is 13.3. The van der Waals surface area contributed by atoms with Crippen LogP contribution in [-0.4, -0.2) is 0 Å². The van der Waals surface area contributed by atoms with E-state index in [0.29, 0.717) is 0 Å². The topological polar surface area (TPSA) is 23.8 Å². The van der Waals surface area contributed by atoms with Crippen molar-refractivity contribution in [3.63, 3.8) is 0 Å². The van der Waals surface area contributed by atoms with Crippen molar-refractivity contribution in [1.82, 2.24) is 0 Å². The number of aryl methyl sites for hydroxylation is 1. The Bertz CT molecular complexity index is 609. The van der Waals surface area contributed by atoms with Crippen molar-refractivity contribution in [2.24, 2.45) is 0 Å². The van der Waals surface area contributed by atoms with E-state index in [0.717, 1.165) is 5.56 Å². The molecule has 0 radical (unpaired) electrons. The maximum absolute atomic E-state index is 8.99. The lowest BCUT2D eigenvalue weighted by Gasteiger charge is -2.15. The molecule has 92 valence electrons. The van der Waals surface area contributed by atoms with Gasteiger partial charge in [0.15, 0.2) is 0 Å². The van der Waals surface area contributed by atoms with Crippen molar-refractivity contribution in [2.75, 3.05) is 0 Å². The minimum atomic E-state index is 0.184. The summed E-state index contributed by atoms with van der Waals surface area (Å²) in [5.41, 5.74) is 3.30. The van der Waals surface area contributed by atoms with Crippen LogP contribution in [0, 0.1) is 18.3 Å². The van der Waals surface area contributed by atoms with Gasteiger partial charge < -0.3 is 0 Å². The first-order valence-corrected chi connectivity index (χ1v) is 6.85. The third kappa shape index (κ3) is 2.47. The van der Waals surface area contributed by atoms with Gasteiger partial charge in [-0.3, -0.25) is 0 Å². The third-order valence-corrected chi connectivity index (χ3v) is 4.52. The monoisotopic (exact) mass is 255 g/mol. The average Bonchev–Trinajstić information content (AvgIpc) is 2.78. The molecule has 18 heavy (non-hydrogen) atoms. The van der Waals surface area contributed by atoms with Crippen LogP contribution in [0.4, 0.5) is 0 Å². The molecule has 0 N–H and O–H groups in total. The van der Waals surface area contributed by atoms with Crippen molar-refractivity contribution < 1.29 is 0 Å². The molecule has 2 aromatic rings. The second-order valence-corrected chi connectivity index (χ2v) is 6.64. The quantitative estimate of drug-likeness (QED) is 0.711. The predicted octanol–water partition coefficient (Wildman–Crippen LogP) is 4.89. The zero-order valence-corrected chi connectivity index (χ0v) is 12.1. The molecule has 2 rings (SSSR count). The Kier molecular flexibility index (Phi) is 3.28. The van der Waals surface area contributed by atoms with E-state index in [1.165, 1.54) is 20.9 Å². The highest BCUT2D eigenvalue weighted by atomic mass is 32.1. The molecule has 0 aliphatic heterocycles. The predicted molar refractivity (Wildman–Crippen MR) is 77.9 cm³/mol. The molecule has 0 unspecified atom stereocenters. The van der Waals surface area contributed by atoms with Crippen molar-refractivity contribution in [2.45, 2.75) is 33.1 Å². The Balaban J connectivity index is 2.50. The lowest BCUT2D eigenvalue weighted by Crippen LogP contribution is -2.07. The van der Waals surface area contributed by atoms with Crippen LogP contribution in [0.3, 0.4) is 0 Å². The van der Waals surface area contributed by atoms with Gasteiger partial charge in [0.05, 0.1) is 11.6 Å². The van der Waals surface area contributed by atoms with Gasteiger partial charge in [-0.15, -0.1) is 11.3 Å². The highest BCUT2D eigenvalue weighted by Crippen LogP contribution is 2.36. The molecule has 0 atom stereocenters. The molecule has 1 nitrogen and oxygen atoms in total. The van der Waals surface area contributed by atoms with Crippen LogP contribution < -0.4 is 0 Å². The molecule has 0 spiro atoms. The zero-order valence-electron chi connectivity index (χ0n) is 11.2. The number of hydrogen-bond donors (Lipinski definition) is 0. The molecule has 1 aromatic heterocycles. The third-order valence-electron chi connectivity index (χ3n) is 2.98. The number of nitriles is 1. The molecule has 0 saturated carbocycles. The van der Waals surface area contributed by atoms with Crippen LogP contribution in [0.1, 0.15) is 36.8 Å². The lowest BCUT2D eigenvalue weighted by molar-refractivity contribution is 0.604. The standard InChI is InChI=1S/C16H17NS/c1-11-5-6-12(10-17)9-13(11)14-7-8-15(18-14)16(2,3)4/h5-9H,1-4H3. The van der Waals surface area contributed by atoms with E-state index in [1.807, 2.05) is 29.5 Å². The summed E-state index contributed by atoms with van der Waals surface area (Å²) in [7, 11) is 0. The molecule has 1 aromatic carbocycles. The summed E-state index contributed by atoms with van der Waals surface area (Å²) < 4.78 is 0. The largest absolute Gasteiger partial charge is 0.192 e. The normalized spacial score (nSPS) is 11.3. The Morgan fingerprint density at radius 2 is 1.83 bits per heavy atom. The van der Waals surface area contributed by atoms with Crippen molar-refractivity contribution in [1.29, 1.82) is 5.26 Å². The van der Waals surface area contributed by atoms with Crippen LogP contribution in [0.15, 0.2) is 30.3 Å². The van der Waals surface area contributed by atoms with E-state index in [4.69, 9.17) is 5.26 Å². The maximum Gasteiger partial charge on any atom is 0.0991 e. The number of thiophene rings is 1. The summed E-state index contributed by atoms with van der Waals surface area (Å²) in [6.07, 6.45) is 0. The summed E-state index contributed by atoms with van der Waals surface area (Å²) in [4.78, 5) is 2.62. The molecular weight excluding hydrogens is 238 g/mol. The van der Waals surface area contributed by atoms with Gasteiger partial charge in [0.25, 0.3) is 0 Å². The highest BCUT2D eigenvalue weighted by Gasteiger charge is 2.17. The van der Waals surface area contributed by atoms with E-state index >= 15 is 0 Å². The molecule has 0 bridgehead atoms. The van der Waals surface area contributed by atoms with Crippen molar-refractivity contribution >= 4 is 11.3 Å². The van der Waals surface area contributed by atoms with Crippen LogP contribution in [-0.2, 0) is 5.41 Å². The first kappa shape index (κ1) is 12.9.